The van der Waals surface area contributed by atoms with E-state index in [9.17, 15) is 10.1 Å². The zero-order chi connectivity index (χ0) is 21.0. The van der Waals surface area contributed by atoms with Crippen molar-refractivity contribution in [3.8, 4) is 6.07 Å². The smallest absolute Gasteiger partial charge is 0.223 e. The molecule has 1 aliphatic carbocycles. The molecule has 5 heteroatoms. The normalized spacial score (nSPS) is 20.5. The molecule has 1 saturated carbocycles. The lowest BCUT2D eigenvalue weighted by molar-refractivity contribution is -0.132. The van der Waals surface area contributed by atoms with Crippen molar-refractivity contribution in [2.24, 2.45) is 11.3 Å². The predicted molar refractivity (Wildman–Crippen MR) is 119 cm³/mol. The second-order valence-corrected chi connectivity index (χ2v) is 10.4. The van der Waals surface area contributed by atoms with E-state index in [1.165, 1.54) is 32.1 Å². The molecule has 1 amide bonds. The number of rotatable bonds is 5. The van der Waals surface area contributed by atoms with Crippen LogP contribution in [0.2, 0.25) is 5.02 Å². The number of carbonyl (C=O) groups is 1. The number of anilines is 1. The zero-order valence-electron chi connectivity index (χ0n) is 18.1. The Morgan fingerprint density at radius 3 is 2.59 bits per heavy atom. The summed E-state index contributed by atoms with van der Waals surface area (Å²) in [6.07, 6.45) is 8.10. The van der Waals surface area contributed by atoms with Gasteiger partial charge >= 0.3 is 0 Å². The van der Waals surface area contributed by atoms with Gasteiger partial charge in [-0.05, 0) is 48.8 Å². The van der Waals surface area contributed by atoms with E-state index in [1.54, 1.807) is 0 Å². The molecule has 0 N–H and O–H groups in total. The molecule has 0 spiro atoms. The zero-order valence-corrected chi connectivity index (χ0v) is 18.8. The molecule has 4 nitrogen and oxygen atoms in total. The van der Waals surface area contributed by atoms with Crippen LogP contribution in [-0.4, -0.2) is 36.5 Å². The van der Waals surface area contributed by atoms with E-state index in [0.29, 0.717) is 29.0 Å². The van der Waals surface area contributed by atoms with Gasteiger partial charge in [-0.15, -0.1) is 0 Å². The second-order valence-electron chi connectivity index (χ2n) is 9.95. The summed E-state index contributed by atoms with van der Waals surface area (Å²) in [6.45, 7) is 8.96. The van der Waals surface area contributed by atoms with Crippen molar-refractivity contribution in [1.29, 1.82) is 5.26 Å². The van der Waals surface area contributed by atoms with E-state index in [-0.39, 0.29) is 11.3 Å². The van der Waals surface area contributed by atoms with Crippen molar-refractivity contribution >= 4 is 23.2 Å². The summed E-state index contributed by atoms with van der Waals surface area (Å²) in [4.78, 5) is 17.2. The van der Waals surface area contributed by atoms with Crippen LogP contribution in [0.25, 0.3) is 0 Å². The number of hydrogen-bond donors (Lipinski definition) is 0. The fraction of sp³-hybridized carbons (Fsp3) is 0.667. The van der Waals surface area contributed by atoms with Gasteiger partial charge in [0.15, 0.2) is 0 Å². The first-order chi connectivity index (χ1) is 13.8. The van der Waals surface area contributed by atoms with Gasteiger partial charge in [-0.2, -0.15) is 5.26 Å². The summed E-state index contributed by atoms with van der Waals surface area (Å²) >= 11 is 6.36. The van der Waals surface area contributed by atoms with Crippen LogP contribution in [0.3, 0.4) is 0 Å². The first-order valence-electron chi connectivity index (χ1n) is 11.0. The van der Waals surface area contributed by atoms with Crippen molar-refractivity contribution in [2.75, 3.05) is 24.5 Å². The van der Waals surface area contributed by atoms with Crippen LogP contribution < -0.4 is 4.90 Å². The number of nitrogens with zero attached hydrogens (tertiary/aromatic N) is 3. The molecule has 1 aliphatic heterocycles. The largest absolute Gasteiger partial charge is 0.366 e. The number of hydrogen-bond acceptors (Lipinski definition) is 3. The van der Waals surface area contributed by atoms with Crippen LogP contribution in [0, 0.1) is 22.7 Å². The molecule has 158 valence electrons. The van der Waals surface area contributed by atoms with Gasteiger partial charge in [-0.3, -0.25) is 4.79 Å². The third-order valence-electron chi connectivity index (χ3n) is 6.22. The highest BCUT2D eigenvalue weighted by molar-refractivity contribution is 6.32. The van der Waals surface area contributed by atoms with Gasteiger partial charge < -0.3 is 9.80 Å². The summed E-state index contributed by atoms with van der Waals surface area (Å²) < 4.78 is 0. The first kappa shape index (κ1) is 22.0. The van der Waals surface area contributed by atoms with Crippen LogP contribution >= 0.6 is 11.6 Å². The van der Waals surface area contributed by atoms with E-state index in [4.69, 9.17) is 11.6 Å². The number of halogens is 1. The third kappa shape index (κ3) is 5.89. The third-order valence-corrected chi connectivity index (χ3v) is 6.54. The van der Waals surface area contributed by atoms with Gasteiger partial charge in [0.05, 0.1) is 10.6 Å². The van der Waals surface area contributed by atoms with E-state index in [0.717, 1.165) is 31.7 Å². The minimum absolute atomic E-state index is 0.0115. The van der Waals surface area contributed by atoms with Crippen molar-refractivity contribution in [3.63, 3.8) is 0 Å². The Morgan fingerprint density at radius 2 is 1.97 bits per heavy atom. The molecular weight excluding hydrogens is 382 g/mol. The van der Waals surface area contributed by atoms with Crippen LogP contribution in [0.15, 0.2) is 18.2 Å². The molecule has 1 atom stereocenters. The number of likely N-dealkylation sites (tertiary alicyclic amines) is 1. The Hall–Kier alpha value is -1.73. The Kier molecular flexibility index (Phi) is 7.11. The van der Waals surface area contributed by atoms with E-state index in [1.807, 2.05) is 23.1 Å². The molecule has 1 saturated heterocycles. The monoisotopic (exact) mass is 415 g/mol. The Morgan fingerprint density at radius 1 is 1.24 bits per heavy atom. The summed E-state index contributed by atoms with van der Waals surface area (Å²) in [7, 11) is 0. The minimum Gasteiger partial charge on any atom is -0.366 e. The Balaban J connectivity index is 1.77. The maximum Gasteiger partial charge on any atom is 0.223 e. The highest BCUT2D eigenvalue weighted by Gasteiger charge is 2.33. The van der Waals surface area contributed by atoms with Gasteiger partial charge in [0, 0.05) is 37.8 Å². The summed E-state index contributed by atoms with van der Waals surface area (Å²) in [5.74, 6) is 0.952. The lowest BCUT2D eigenvalue weighted by Gasteiger charge is -2.36. The Labute approximate surface area is 180 Å². The molecule has 1 aromatic carbocycles. The number of nitriles is 1. The Bertz CT molecular complexity index is 758. The van der Waals surface area contributed by atoms with Gasteiger partial charge in [0.25, 0.3) is 0 Å². The van der Waals surface area contributed by atoms with Crippen molar-refractivity contribution in [2.45, 2.75) is 71.8 Å². The van der Waals surface area contributed by atoms with Gasteiger partial charge in [0.1, 0.15) is 6.07 Å². The molecule has 1 aromatic rings. The van der Waals surface area contributed by atoms with E-state index < -0.39 is 0 Å². The molecule has 1 heterocycles. The SMILES string of the molecule is CC(C)(C)CC(=O)N1CC[C@H](N(CC2CCCCC2)c2ccc(C#N)c(Cl)c2)C1. The van der Waals surface area contributed by atoms with Crippen LogP contribution in [0.5, 0.6) is 0 Å². The van der Waals surface area contributed by atoms with Gasteiger partial charge in [-0.25, -0.2) is 0 Å². The summed E-state index contributed by atoms with van der Waals surface area (Å²) in [5.41, 5.74) is 1.61. The standard InChI is InChI=1S/C24H34ClN3O/c1-24(2,3)14-23(29)27-12-11-21(17-27)28(16-18-7-5-4-6-8-18)20-10-9-19(15-26)22(25)13-20/h9-10,13,18,21H,4-8,11-12,14,16-17H2,1-3H3/t21-/m0/s1. The molecular formula is C24H34ClN3O. The van der Waals surface area contributed by atoms with Gasteiger partial charge in [-0.1, -0.05) is 51.6 Å². The number of amides is 1. The second kappa shape index (κ2) is 9.39. The summed E-state index contributed by atoms with van der Waals surface area (Å²) in [6, 6.07) is 8.24. The lowest BCUT2D eigenvalue weighted by atomic mass is 9.88. The van der Waals surface area contributed by atoms with Crippen molar-refractivity contribution in [1.82, 2.24) is 4.90 Å². The predicted octanol–water partition coefficient (Wildman–Crippen LogP) is 5.64. The minimum atomic E-state index is 0.0115. The fourth-order valence-electron chi connectivity index (χ4n) is 4.67. The van der Waals surface area contributed by atoms with Crippen LogP contribution in [0.1, 0.15) is 71.3 Å². The lowest BCUT2D eigenvalue weighted by Crippen LogP contribution is -2.42. The van der Waals surface area contributed by atoms with Crippen molar-refractivity contribution < 1.29 is 4.79 Å². The number of carbonyl (C=O) groups excluding carboxylic acids is 1. The summed E-state index contributed by atoms with van der Waals surface area (Å²) in [5, 5.41) is 9.73. The fourth-order valence-corrected chi connectivity index (χ4v) is 4.89. The quantitative estimate of drug-likeness (QED) is 0.625. The average molecular weight is 416 g/mol. The molecule has 2 aliphatic rings. The average Bonchev–Trinajstić information content (AvgIpc) is 3.15. The van der Waals surface area contributed by atoms with Crippen LogP contribution in [-0.2, 0) is 4.79 Å². The van der Waals surface area contributed by atoms with E-state index >= 15 is 0 Å². The molecule has 0 unspecified atom stereocenters. The number of benzene rings is 1. The first-order valence-corrected chi connectivity index (χ1v) is 11.4. The maximum absolute atomic E-state index is 12.7. The molecule has 0 aromatic heterocycles. The molecule has 3 rings (SSSR count). The molecule has 29 heavy (non-hydrogen) atoms. The van der Waals surface area contributed by atoms with Gasteiger partial charge in [0.2, 0.25) is 5.91 Å². The van der Waals surface area contributed by atoms with E-state index in [2.05, 4.69) is 31.7 Å². The topological polar surface area (TPSA) is 47.3 Å². The molecule has 0 bridgehead atoms. The highest BCUT2D eigenvalue weighted by atomic mass is 35.5. The molecule has 0 radical (unpaired) electrons. The molecule has 2 fully saturated rings. The van der Waals surface area contributed by atoms with Crippen LogP contribution in [0.4, 0.5) is 5.69 Å². The maximum atomic E-state index is 12.7. The van der Waals surface area contributed by atoms with Crippen molar-refractivity contribution in [3.05, 3.63) is 28.8 Å². The highest BCUT2D eigenvalue weighted by Crippen LogP contribution is 2.32.